The van der Waals surface area contributed by atoms with E-state index in [1.165, 1.54) is 45.0 Å². The first-order chi connectivity index (χ1) is 14.8. The van der Waals surface area contributed by atoms with Gasteiger partial charge >= 0.3 is 0 Å². The van der Waals surface area contributed by atoms with E-state index in [0.29, 0.717) is 0 Å². The van der Waals surface area contributed by atoms with E-state index in [1.807, 2.05) is 0 Å². The highest BCUT2D eigenvalue weighted by Gasteiger charge is 2.27. The van der Waals surface area contributed by atoms with E-state index < -0.39 is 0 Å². The summed E-state index contributed by atoms with van der Waals surface area (Å²) in [5, 5.41) is 0. The summed E-state index contributed by atoms with van der Waals surface area (Å²) >= 11 is 0. The largest absolute Gasteiger partial charge is 0.372 e. The lowest BCUT2D eigenvalue weighted by atomic mass is 10.1. The van der Waals surface area contributed by atoms with E-state index in [-0.39, 0.29) is 0 Å². The molecule has 0 aliphatic carbocycles. The fraction of sp³-hybridized carbons (Fsp3) is 0.519. The van der Waals surface area contributed by atoms with Gasteiger partial charge in [-0.2, -0.15) is 0 Å². The van der Waals surface area contributed by atoms with Gasteiger partial charge in [-0.1, -0.05) is 0 Å². The zero-order valence-corrected chi connectivity index (χ0v) is 20.8. The summed E-state index contributed by atoms with van der Waals surface area (Å²) < 4.78 is 0. The van der Waals surface area contributed by atoms with Crippen LogP contribution in [0.15, 0.2) is 24.3 Å². The minimum Gasteiger partial charge on any atom is -0.372 e. The number of benzene rings is 2. The number of hydrogen-bond donors (Lipinski definition) is 0. The lowest BCUT2D eigenvalue weighted by Gasteiger charge is -2.28. The Kier molecular flexibility index (Phi) is 7.40. The Hall–Kier alpha value is -2.36. The molecule has 1 fully saturated rings. The second kappa shape index (κ2) is 9.84. The topological polar surface area (TPSA) is 13.0 Å². The fourth-order valence-corrected chi connectivity index (χ4v) is 5.03. The SMILES string of the molecule is CCN(CC)c1cc(C)c(N2[C]N(c3c(C)cc(N(CC)CC)cc3C)CC2)c(C)c1. The molecule has 3 rings (SSSR count). The molecule has 0 amide bonds. The minimum absolute atomic E-state index is 0.961. The Labute approximate surface area is 190 Å². The van der Waals surface area contributed by atoms with E-state index in [9.17, 15) is 0 Å². The molecule has 0 spiro atoms. The Morgan fingerprint density at radius 3 is 1.16 bits per heavy atom. The second-order valence-electron chi connectivity index (χ2n) is 8.60. The van der Waals surface area contributed by atoms with Crippen LogP contribution < -0.4 is 19.6 Å². The molecule has 31 heavy (non-hydrogen) atoms. The first-order valence-electron chi connectivity index (χ1n) is 11.9. The first kappa shape index (κ1) is 23.3. The molecular formula is C27H40N4. The molecule has 0 aromatic heterocycles. The maximum absolute atomic E-state index is 3.68. The van der Waals surface area contributed by atoms with E-state index in [0.717, 1.165) is 39.3 Å². The van der Waals surface area contributed by atoms with Gasteiger partial charge in [0.2, 0.25) is 6.67 Å². The zero-order valence-electron chi connectivity index (χ0n) is 20.8. The molecule has 168 valence electrons. The van der Waals surface area contributed by atoms with Crippen LogP contribution in [0.4, 0.5) is 22.7 Å². The lowest BCUT2D eigenvalue weighted by molar-refractivity contribution is 0.864. The van der Waals surface area contributed by atoms with Gasteiger partial charge in [0.1, 0.15) is 0 Å². The van der Waals surface area contributed by atoms with Crippen molar-refractivity contribution in [3.8, 4) is 0 Å². The Balaban J connectivity index is 1.85. The van der Waals surface area contributed by atoms with E-state index in [4.69, 9.17) is 0 Å². The van der Waals surface area contributed by atoms with Crippen LogP contribution in [0.2, 0.25) is 0 Å². The molecule has 1 aliphatic rings. The molecule has 1 heterocycles. The number of rotatable bonds is 8. The van der Waals surface area contributed by atoms with E-state index >= 15 is 0 Å². The standard InChI is InChI=1S/C27H40N4/c1-9-28(10-2)24-15-20(5)26(21(6)16-24)30-13-14-31(19-30)27-22(7)17-25(18-23(27)8)29(11-3)12-4/h15-18H,9-14H2,1-8H3. The van der Waals surface area contributed by atoms with Crippen molar-refractivity contribution in [3.05, 3.63) is 53.2 Å². The number of aryl methyl sites for hydroxylation is 4. The number of hydrogen-bond acceptors (Lipinski definition) is 4. The van der Waals surface area contributed by atoms with Gasteiger partial charge in [0.05, 0.1) is 0 Å². The average molecular weight is 421 g/mol. The highest BCUT2D eigenvalue weighted by molar-refractivity contribution is 5.72. The van der Waals surface area contributed by atoms with Crippen molar-refractivity contribution >= 4 is 22.7 Å². The molecule has 4 nitrogen and oxygen atoms in total. The number of anilines is 4. The molecule has 2 aromatic carbocycles. The van der Waals surface area contributed by atoms with Crippen molar-refractivity contribution < 1.29 is 0 Å². The molecule has 0 unspecified atom stereocenters. The van der Waals surface area contributed by atoms with Crippen molar-refractivity contribution in [3.63, 3.8) is 0 Å². The molecule has 0 saturated carbocycles. The first-order valence-corrected chi connectivity index (χ1v) is 11.9. The molecule has 4 heteroatoms. The van der Waals surface area contributed by atoms with Crippen molar-refractivity contribution in [1.29, 1.82) is 0 Å². The van der Waals surface area contributed by atoms with Crippen LogP contribution in [0, 0.1) is 34.4 Å². The van der Waals surface area contributed by atoms with E-state index in [2.05, 4.69) is 106 Å². The normalized spacial score (nSPS) is 13.8. The van der Waals surface area contributed by atoms with Crippen LogP contribution in [0.5, 0.6) is 0 Å². The predicted molar refractivity (Wildman–Crippen MR) is 137 cm³/mol. The third-order valence-electron chi connectivity index (χ3n) is 6.54. The minimum atomic E-state index is 0.961. The van der Waals surface area contributed by atoms with E-state index in [1.54, 1.807) is 0 Å². The van der Waals surface area contributed by atoms with Crippen LogP contribution in [0.1, 0.15) is 49.9 Å². The predicted octanol–water partition coefficient (Wildman–Crippen LogP) is 5.94. The summed E-state index contributed by atoms with van der Waals surface area (Å²) in [6.07, 6.45) is 0. The maximum atomic E-state index is 3.68. The van der Waals surface area contributed by atoms with Crippen LogP contribution in [-0.2, 0) is 0 Å². The Morgan fingerprint density at radius 1 is 0.613 bits per heavy atom. The second-order valence-corrected chi connectivity index (χ2v) is 8.60. The molecule has 2 aromatic rings. The molecule has 0 atom stereocenters. The van der Waals surface area contributed by atoms with Crippen LogP contribution >= 0.6 is 0 Å². The van der Waals surface area contributed by atoms with Gasteiger partial charge in [0.25, 0.3) is 0 Å². The molecule has 1 aliphatic heterocycles. The number of nitrogens with zero attached hydrogens (tertiary/aromatic N) is 4. The van der Waals surface area contributed by atoms with Crippen LogP contribution in [-0.4, -0.2) is 39.3 Å². The zero-order chi connectivity index (χ0) is 22.7. The lowest BCUT2D eigenvalue weighted by Crippen LogP contribution is -2.24. The molecule has 0 N–H and O–H groups in total. The summed E-state index contributed by atoms with van der Waals surface area (Å²) in [6, 6.07) is 9.31. The third-order valence-corrected chi connectivity index (χ3v) is 6.54. The van der Waals surface area contributed by atoms with Crippen molar-refractivity contribution in [1.82, 2.24) is 0 Å². The summed E-state index contributed by atoms with van der Waals surface area (Å²) in [7, 11) is 0. The van der Waals surface area contributed by atoms with Gasteiger partial charge in [-0.25, -0.2) is 0 Å². The van der Waals surface area contributed by atoms with Gasteiger partial charge in [-0.3, -0.25) is 0 Å². The summed E-state index contributed by atoms with van der Waals surface area (Å²) in [6.45, 7) is 27.5. The van der Waals surface area contributed by atoms with Gasteiger partial charge < -0.3 is 19.6 Å². The highest BCUT2D eigenvalue weighted by Crippen LogP contribution is 2.37. The monoisotopic (exact) mass is 420 g/mol. The quantitative estimate of drug-likeness (QED) is 0.524. The molecule has 0 bridgehead atoms. The van der Waals surface area contributed by atoms with Crippen molar-refractivity contribution in [2.24, 2.45) is 0 Å². The van der Waals surface area contributed by atoms with Gasteiger partial charge in [-0.05, 0) is 102 Å². The summed E-state index contributed by atoms with van der Waals surface area (Å²) in [5.41, 5.74) is 10.5. The van der Waals surface area contributed by atoms with Crippen LogP contribution in [0.3, 0.4) is 0 Å². The summed E-state index contributed by atoms with van der Waals surface area (Å²) in [4.78, 5) is 9.46. The Morgan fingerprint density at radius 2 is 0.903 bits per heavy atom. The van der Waals surface area contributed by atoms with Gasteiger partial charge in [0, 0.05) is 62.0 Å². The smallest absolute Gasteiger partial charge is 0.208 e. The summed E-state index contributed by atoms with van der Waals surface area (Å²) in [5.74, 6) is 0. The molecule has 2 radical (unpaired) electrons. The van der Waals surface area contributed by atoms with Gasteiger partial charge in [0.15, 0.2) is 0 Å². The highest BCUT2D eigenvalue weighted by atomic mass is 15.4. The van der Waals surface area contributed by atoms with Gasteiger partial charge in [-0.15, -0.1) is 0 Å². The molecule has 1 saturated heterocycles. The fourth-order valence-electron chi connectivity index (χ4n) is 5.03. The van der Waals surface area contributed by atoms with Crippen molar-refractivity contribution in [2.75, 3.05) is 58.9 Å². The third kappa shape index (κ3) is 4.63. The Bertz CT molecular complexity index is 777. The maximum Gasteiger partial charge on any atom is 0.208 e. The molecular weight excluding hydrogens is 380 g/mol. The average Bonchev–Trinajstić information content (AvgIpc) is 3.18. The van der Waals surface area contributed by atoms with Crippen molar-refractivity contribution in [2.45, 2.75) is 55.4 Å². The van der Waals surface area contributed by atoms with Crippen LogP contribution in [0.25, 0.3) is 0 Å².